The lowest BCUT2D eigenvalue weighted by atomic mass is 10.0. The Hall–Kier alpha value is -2.82. The Kier molecular flexibility index (Phi) is 5.07. The molecule has 0 atom stereocenters. The van der Waals surface area contributed by atoms with E-state index in [4.69, 9.17) is 27.9 Å². The van der Waals surface area contributed by atoms with Crippen LogP contribution in [0.5, 0.6) is 5.75 Å². The van der Waals surface area contributed by atoms with Gasteiger partial charge in [0.05, 0.1) is 33.8 Å². The number of para-hydroxylation sites is 1. The normalized spacial score (nSPS) is 11.0. The second-order valence-corrected chi connectivity index (χ2v) is 7.14. The number of Topliss-reactive ketones (excluding diaryl/α,β-unsaturated/α-hetero) is 1. The molecule has 0 radical (unpaired) electrons. The summed E-state index contributed by atoms with van der Waals surface area (Å²) in [7, 11) is 1.60. The van der Waals surface area contributed by atoms with Crippen LogP contribution in [0.4, 0.5) is 0 Å². The van der Waals surface area contributed by atoms with E-state index in [0.717, 1.165) is 16.6 Å². The first-order valence-electron chi connectivity index (χ1n) is 8.66. The van der Waals surface area contributed by atoms with Crippen LogP contribution in [0, 0.1) is 0 Å². The molecule has 0 amide bonds. The zero-order valence-electron chi connectivity index (χ0n) is 15.0. The topological polar surface area (TPSA) is 55.0 Å². The number of aromatic amines is 1. The van der Waals surface area contributed by atoms with Crippen LogP contribution in [0.1, 0.15) is 15.9 Å². The molecule has 140 valence electrons. The molecule has 28 heavy (non-hydrogen) atoms. The summed E-state index contributed by atoms with van der Waals surface area (Å²) in [5.41, 5.74) is 3.57. The molecule has 0 aliphatic carbocycles. The van der Waals surface area contributed by atoms with Crippen LogP contribution in [0.2, 0.25) is 10.0 Å². The van der Waals surface area contributed by atoms with Gasteiger partial charge in [0.25, 0.3) is 0 Å². The molecule has 0 unspecified atom stereocenters. The average molecular weight is 411 g/mol. The number of carbonyl (C=O) groups excluding carboxylic acids is 1. The first kappa shape index (κ1) is 18.5. The molecule has 1 aromatic heterocycles. The number of nitrogens with one attached hydrogen (secondary N) is 1. The molecular weight excluding hydrogens is 395 g/mol. The van der Waals surface area contributed by atoms with Crippen molar-refractivity contribution in [1.29, 1.82) is 0 Å². The molecule has 0 spiro atoms. The predicted molar refractivity (Wildman–Crippen MR) is 113 cm³/mol. The van der Waals surface area contributed by atoms with Crippen LogP contribution in [0.25, 0.3) is 22.4 Å². The van der Waals surface area contributed by atoms with Crippen molar-refractivity contribution in [3.8, 4) is 17.1 Å². The van der Waals surface area contributed by atoms with Crippen molar-refractivity contribution in [3.05, 3.63) is 81.8 Å². The highest BCUT2D eigenvalue weighted by Crippen LogP contribution is 2.34. The molecule has 4 aromatic rings. The fraction of sp³-hybridized carbons (Fsp3) is 0.0909. The molecule has 0 aliphatic heterocycles. The van der Waals surface area contributed by atoms with E-state index in [2.05, 4.69) is 9.97 Å². The van der Waals surface area contributed by atoms with Crippen LogP contribution >= 0.6 is 23.2 Å². The van der Waals surface area contributed by atoms with Gasteiger partial charge < -0.3 is 9.72 Å². The molecule has 4 rings (SSSR count). The third kappa shape index (κ3) is 3.49. The molecule has 3 aromatic carbocycles. The van der Waals surface area contributed by atoms with Gasteiger partial charge >= 0.3 is 0 Å². The molecule has 0 saturated heterocycles. The maximum atomic E-state index is 12.8. The van der Waals surface area contributed by atoms with Crippen molar-refractivity contribution in [2.24, 2.45) is 0 Å². The van der Waals surface area contributed by atoms with Crippen molar-refractivity contribution in [2.45, 2.75) is 6.42 Å². The number of halogens is 2. The highest BCUT2D eigenvalue weighted by atomic mass is 35.5. The van der Waals surface area contributed by atoms with Crippen molar-refractivity contribution in [1.82, 2.24) is 9.97 Å². The maximum absolute atomic E-state index is 12.8. The van der Waals surface area contributed by atoms with E-state index in [1.807, 2.05) is 30.3 Å². The van der Waals surface area contributed by atoms with E-state index in [-0.39, 0.29) is 12.2 Å². The summed E-state index contributed by atoms with van der Waals surface area (Å²) < 4.78 is 5.33. The number of ether oxygens (including phenoxy) is 1. The number of rotatable bonds is 5. The lowest BCUT2D eigenvalue weighted by molar-refractivity contribution is 0.0992. The molecule has 0 saturated carbocycles. The highest BCUT2D eigenvalue weighted by Gasteiger charge is 2.15. The van der Waals surface area contributed by atoms with E-state index >= 15 is 0 Å². The number of nitrogens with zero attached hydrogens (tertiary/aromatic N) is 1. The quantitative estimate of drug-likeness (QED) is 0.412. The summed E-state index contributed by atoms with van der Waals surface area (Å²) in [6.07, 6.45) is 0.257. The summed E-state index contributed by atoms with van der Waals surface area (Å²) in [5, 5.41) is 1.03. The summed E-state index contributed by atoms with van der Waals surface area (Å²) in [6.45, 7) is 0. The maximum Gasteiger partial charge on any atom is 0.167 e. The number of ketones is 1. The Morgan fingerprint density at radius 2 is 1.79 bits per heavy atom. The summed E-state index contributed by atoms with van der Waals surface area (Å²) in [4.78, 5) is 20.6. The van der Waals surface area contributed by atoms with Gasteiger partial charge in [-0.25, -0.2) is 4.98 Å². The predicted octanol–water partition coefficient (Wildman–Crippen LogP) is 5.97. The Morgan fingerprint density at radius 1 is 1.04 bits per heavy atom. The van der Waals surface area contributed by atoms with E-state index in [1.54, 1.807) is 37.4 Å². The van der Waals surface area contributed by atoms with Crippen LogP contribution in [0.3, 0.4) is 0 Å². The van der Waals surface area contributed by atoms with E-state index in [1.165, 1.54) is 0 Å². The van der Waals surface area contributed by atoms with Gasteiger partial charge in [0.1, 0.15) is 11.6 Å². The zero-order chi connectivity index (χ0) is 19.7. The Labute approximate surface area is 172 Å². The van der Waals surface area contributed by atoms with Crippen molar-refractivity contribution in [3.63, 3.8) is 0 Å². The van der Waals surface area contributed by atoms with Crippen molar-refractivity contribution >= 4 is 40.0 Å². The molecule has 6 heteroatoms. The third-order valence-corrected chi connectivity index (χ3v) is 5.18. The second-order valence-electron chi connectivity index (χ2n) is 6.33. The van der Waals surface area contributed by atoms with Crippen LogP contribution in [-0.4, -0.2) is 22.9 Å². The van der Waals surface area contributed by atoms with Crippen LogP contribution in [-0.2, 0) is 6.42 Å². The molecule has 1 heterocycles. The smallest absolute Gasteiger partial charge is 0.167 e. The van der Waals surface area contributed by atoms with Gasteiger partial charge in [0.15, 0.2) is 5.78 Å². The average Bonchev–Trinajstić information content (AvgIpc) is 3.11. The second kappa shape index (κ2) is 7.66. The number of hydrogen-bond acceptors (Lipinski definition) is 3. The minimum atomic E-state index is -0.00155. The van der Waals surface area contributed by atoms with Gasteiger partial charge in [-0.1, -0.05) is 47.5 Å². The largest absolute Gasteiger partial charge is 0.496 e. The number of aromatic nitrogens is 2. The van der Waals surface area contributed by atoms with Gasteiger partial charge in [-0.3, -0.25) is 4.79 Å². The Bertz CT molecular complexity index is 1160. The Balaban J connectivity index is 1.67. The standard InChI is InChI=1S/C22H16Cl2N2O2/c1-28-20-8-3-2-5-14(20)12-19(27)13-9-10-17-18(11-13)26-22(25-17)21-15(23)6-4-7-16(21)24/h2-11H,12H2,1H3,(H,25,26). The van der Waals surface area contributed by atoms with Gasteiger partial charge in [0.2, 0.25) is 0 Å². The molecule has 0 fully saturated rings. The third-order valence-electron chi connectivity index (χ3n) is 4.55. The fourth-order valence-corrected chi connectivity index (χ4v) is 3.73. The zero-order valence-corrected chi connectivity index (χ0v) is 16.5. The number of benzene rings is 3. The van der Waals surface area contributed by atoms with Crippen LogP contribution < -0.4 is 4.74 Å². The minimum absolute atomic E-state index is 0.00155. The van der Waals surface area contributed by atoms with Crippen LogP contribution in [0.15, 0.2) is 60.7 Å². The van der Waals surface area contributed by atoms with Gasteiger partial charge in [-0.15, -0.1) is 0 Å². The summed E-state index contributed by atoms with van der Waals surface area (Å²) >= 11 is 12.6. The van der Waals surface area contributed by atoms with Gasteiger partial charge in [-0.05, 0) is 36.4 Å². The number of carbonyl (C=O) groups is 1. The summed E-state index contributed by atoms with van der Waals surface area (Å²) in [6, 6.07) is 18.2. The minimum Gasteiger partial charge on any atom is -0.496 e. The van der Waals surface area contributed by atoms with Gasteiger partial charge in [0, 0.05) is 17.5 Å². The SMILES string of the molecule is COc1ccccc1CC(=O)c1ccc2nc(-c3c(Cl)cccc3Cl)[nH]c2c1. The first-order chi connectivity index (χ1) is 13.6. The van der Waals surface area contributed by atoms with Crippen molar-refractivity contribution < 1.29 is 9.53 Å². The molecule has 1 N–H and O–H groups in total. The lowest BCUT2D eigenvalue weighted by Gasteiger charge is -2.07. The Morgan fingerprint density at radius 3 is 2.54 bits per heavy atom. The number of methoxy groups -OCH3 is 1. The van der Waals surface area contributed by atoms with Gasteiger partial charge in [-0.2, -0.15) is 0 Å². The number of H-pyrrole nitrogens is 1. The molecule has 4 nitrogen and oxygen atoms in total. The van der Waals surface area contributed by atoms with Crippen molar-refractivity contribution in [2.75, 3.05) is 7.11 Å². The molecular formula is C22H16Cl2N2O2. The highest BCUT2D eigenvalue weighted by molar-refractivity contribution is 6.39. The molecule has 0 aliphatic rings. The van der Waals surface area contributed by atoms with E-state index < -0.39 is 0 Å². The lowest BCUT2D eigenvalue weighted by Crippen LogP contribution is -2.04. The number of hydrogen-bond donors (Lipinski definition) is 1. The van der Waals surface area contributed by atoms with E-state index in [9.17, 15) is 4.79 Å². The number of fused-ring (bicyclic) bond motifs is 1. The molecule has 0 bridgehead atoms. The van der Waals surface area contributed by atoms with E-state index in [0.29, 0.717) is 32.7 Å². The summed E-state index contributed by atoms with van der Waals surface area (Å²) in [5.74, 6) is 1.27. The monoisotopic (exact) mass is 410 g/mol. The number of imidazole rings is 1. The first-order valence-corrected chi connectivity index (χ1v) is 9.41. The fourth-order valence-electron chi connectivity index (χ4n) is 3.15.